The molecule has 28 heavy (non-hydrogen) atoms. The zero-order valence-corrected chi connectivity index (χ0v) is 16.4. The van der Waals surface area contributed by atoms with Crippen molar-refractivity contribution in [3.05, 3.63) is 81.9 Å². The molecule has 3 aromatic rings. The Morgan fingerprint density at radius 3 is 2.11 bits per heavy atom. The maximum atomic E-state index is 12.4. The van der Waals surface area contributed by atoms with Crippen LogP contribution in [0.1, 0.15) is 43.8 Å². The molecule has 1 aromatic heterocycles. The fourth-order valence-corrected chi connectivity index (χ4v) is 3.36. The van der Waals surface area contributed by atoms with Crippen molar-refractivity contribution in [2.75, 3.05) is 5.73 Å². The van der Waals surface area contributed by atoms with Gasteiger partial charge in [-0.05, 0) is 34.6 Å². The second kappa shape index (κ2) is 9.14. The molecule has 7 heteroatoms. The van der Waals surface area contributed by atoms with Gasteiger partial charge >= 0.3 is 0 Å². The summed E-state index contributed by atoms with van der Waals surface area (Å²) in [6.07, 6.45) is 0.971. The highest BCUT2D eigenvalue weighted by Gasteiger charge is 2.21. The first-order valence-corrected chi connectivity index (χ1v) is 9.79. The largest absolute Gasteiger partial charge is 0.395 e. The summed E-state index contributed by atoms with van der Waals surface area (Å²) >= 11 is 0.928. The molecule has 0 bridgehead atoms. The van der Waals surface area contributed by atoms with E-state index in [1.54, 1.807) is 0 Å². The lowest BCUT2D eigenvalue weighted by Gasteiger charge is -2.06. The average Bonchev–Trinajstić information content (AvgIpc) is 3.13. The van der Waals surface area contributed by atoms with Crippen LogP contribution in [0.2, 0.25) is 0 Å². The Bertz CT molecular complexity index is 952. The number of aryl methyl sites for hydroxylation is 1. The van der Waals surface area contributed by atoms with Crippen LogP contribution in [0.3, 0.4) is 0 Å². The van der Waals surface area contributed by atoms with Gasteiger partial charge in [-0.25, -0.2) is 0 Å². The van der Waals surface area contributed by atoms with E-state index >= 15 is 0 Å². The summed E-state index contributed by atoms with van der Waals surface area (Å²) < 4.78 is 4.07. The molecule has 0 fully saturated rings. The molecule has 0 radical (unpaired) electrons. The minimum Gasteiger partial charge on any atom is -0.395 e. The number of rotatable bonds is 7. The van der Waals surface area contributed by atoms with Crippen LogP contribution in [0.25, 0.3) is 0 Å². The summed E-state index contributed by atoms with van der Waals surface area (Å²) in [4.78, 5) is 25.0. The van der Waals surface area contributed by atoms with Gasteiger partial charge in [-0.2, -0.15) is 4.37 Å². The number of anilines is 1. The van der Waals surface area contributed by atoms with Crippen molar-refractivity contribution < 1.29 is 9.59 Å². The van der Waals surface area contributed by atoms with Crippen molar-refractivity contribution in [2.24, 2.45) is 0 Å². The molecule has 0 aliphatic carbocycles. The molecule has 3 rings (SSSR count). The Labute approximate surface area is 167 Å². The predicted octanol–water partition coefficient (Wildman–Crippen LogP) is 3.15. The molecule has 0 spiro atoms. The van der Waals surface area contributed by atoms with Gasteiger partial charge in [-0.3, -0.25) is 9.59 Å². The van der Waals surface area contributed by atoms with Crippen molar-refractivity contribution in [3.63, 3.8) is 0 Å². The number of benzene rings is 2. The van der Waals surface area contributed by atoms with Gasteiger partial charge in [0.2, 0.25) is 0 Å². The highest BCUT2D eigenvalue weighted by molar-refractivity contribution is 7.09. The minimum absolute atomic E-state index is 0.0818. The van der Waals surface area contributed by atoms with E-state index < -0.39 is 5.91 Å². The van der Waals surface area contributed by atoms with Gasteiger partial charge in [0.05, 0.1) is 5.69 Å². The lowest BCUT2D eigenvalue weighted by Crippen LogP contribution is -2.25. The van der Waals surface area contributed by atoms with Gasteiger partial charge in [0, 0.05) is 13.1 Å². The fourth-order valence-electron chi connectivity index (χ4n) is 2.64. The van der Waals surface area contributed by atoms with Gasteiger partial charge in [0.15, 0.2) is 5.69 Å². The van der Waals surface area contributed by atoms with Crippen molar-refractivity contribution in [1.82, 2.24) is 15.0 Å². The van der Waals surface area contributed by atoms with E-state index in [-0.39, 0.29) is 22.2 Å². The summed E-state index contributed by atoms with van der Waals surface area (Å²) in [7, 11) is 0. The van der Waals surface area contributed by atoms with E-state index in [2.05, 4.69) is 21.9 Å². The molecule has 144 valence electrons. The SMILES string of the molecule is CCc1ccc(CNC(=O)c2snc(C(=O)NCc3ccccc3)c2N)cc1. The number of amides is 2. The number of nitrogens with two attached hydrogens (primary N) is 1. The molecular formula is C21H22N4O2S. The summed E-state index contributed by atoms with van der Waals surface area (Å²) in [5, 5.41) is 5.59. The molecular weight excluding hydrogens is 372 g/mol. The molecule has 6 nitrogen and oxygen atoms in total. The third kappa shape index (κ3) is 4.75. The van der Waals surface area contributed by atoms with E-state index in [1.165, 1.54) is 5.56 Å². The second-order valence-electron chi connectivity index (χ2n) is 6.29. The highest BCUT2D eigenvalue weighted by Crippen LogP contribution is 2.22. The number of hydrogen-bond acceptors (Lipinski definition) is 5. The first-order valence-electron chi connectivity index (χ1n) is 9.01. The van der Waals surface area contributed by atoms with E-state index in [0.29, 0.717) is 13.1 Å². The molecule has 0 saturated carbocycles. The molecule has 2 amide bonds. The summed E-state index contributed by atoms with van der Waals surface area (Å²) in [5.74, 6) is -0.733. The van der Waals surface area contributed by atoms with Gasteiger partial charge in [0.25, 0.3) is 11.8 Å². The number of nitrogen functional groups attached to an aromatic ring is 1. The summed E-state index contributed by atoms with van der Waals surface area (Å²) in [6, 6.07) is 17.6. The Balaban J connectivity index is 1.59. The molecule has 4 N–H and O–H groups in total. The van der Waals surface area contributed by atoms with Gasteiger partial charge in [-0.1, -0.05) is 61.5 Å². The van der Waals surface area contributed by atoms with Gasteiger partial charge in [-0.15, -0.1) is 0 Å². The Morgan fingerprint density at radius 2 is 1.46 bits per heavy atom. The predicted molar refractivity (Wildman–Crippen MR) is 111 cm³/mol. The van der Waals surface area contributed by atoms with E-state index in [1.807, 2.05) is 54.6 Å². The van der Waals surface area contributed by atoms with E-state index in [9.17, 15) is 9.59 Å². The Hall–Kier alpha value is -3.19. The molecule has 1 heterocycles. The second-order valence-corrected chi connectivity index (χ2v) is 7.07. The van der Waals surface area contributed by atoms with Crippen molar-refractivity contribution in [3.8, 4) is 0 Å². The Morgan fingerprint density at radius 1 is 0.893 bits per heavy atom. The van der Waals surface area contributed by atoms with Crippen LogP contribution in [-0.2, 0) is 19.5 Å². The average molecular weight is 395 g/mol. The standard InChI is InChI=1S/C21H22N4O2S/c1-2-14-8-10-16(11-9-14)13-24-21(27)19-17(22)18(25-28-19)20(26)23-12-15-6-4-3-5-7-15/h3-11H,2,12-13,22H2,1H3,(H,23,26)(H,24,27). The molecule has 0 aliphatic rings. The summed E-state index contributed by atoms with van der Waals surface area (Å²) in [6.45, 7) is 2.85. The van der Waals surface area contributed by atoms with Crippen LogP contribution >= 0.6 is 11.5 Å². The number of nitrogens with one attached hydrogen (secondary N) is 2. The Kier molecular flexibility index (Phi) is 6.39. The van der Waals surface area contributed by atoms with Crippen LogP contribution in [0, 0.1) is 0 Å². The minimum atomic E-state index is -0.396. The normalized spacial score (nSPS) is 10.5. The number of carbonyl (C=O) groups is 2. The zero-order chi connectivity index (χ0) is 19.9. The third-order valence-corrected chi connectivity index (χ3v) is 5.19. The summed E-state index contributed by atoms with van der Waals surface area (Å²) in [5.41, 5.74) is 9.40. The van der Waals surface area contributed by atoms with Crippen LogP contribution < -0.4 is 16.4 Å². The first-order chi connectivity index (χ1) is 13.6. The van der Waals surface area contributed by atoms with E-state index in [0.717, 1.165) is 29.1 Å². The first kappa shape index (κ1) is 19.6. The van der Waals surface area contributed by atoms with Gasteiger partial charge in [0.1, 0.15) is 4.88 Å². The molecule has 2 aromatic carbocycles. The van der Waals surface area contributed by atoms with Crippen molar-refractivity contribution in [1.29, 1.82) is 0 Å². The number of hydrogen-bond donors (Lipinski definition) is 3. The van der Waals surface area contributed by atoms with Crippen molar-refractivity contribution >= 4 is 29.0 Å². The fraction of sp³-hybridized carbons (Fsp3) is 0.190. The molecule has 0 saturated heterocycles. The maximum absolute atomic E-state index is 12.4. The lowest BCUT2D eigenvalue weighted by atomic mass is 10.1. The maximum Gasteiger partial charge on any atom is 0.273 e. The van der Waals surface area contributed by atoms with Crippen LogP contribution in [0.5, 0.6) is 0 Å². The van der Waals surface area contributed by atoms with Crippen LogP contribution in [0.15, 0.2) is 54.6 Å². The topological polar surface area (TPSA) is 97.1 Å². The monoisotopic (exact) mass is 394 g/mol. The molecule has 0 unspecified atom stereocenters. The molecule has 0 aliphatic heterocycles. The lowest BCUT2D eigenvalue weighted by molar-refractivity contribution is 0.0946. The molecule has 0 atom stereocenters. The van der Waals surface area contributed by atoms with Crippen LogP contribution in [-0.4, -0.2) is 16.2 Å². The van der Waals surface area contributed by atoms with Gasteiger partial charge < -0.3 is 16.4 Å². The van der Waals surface area contributed by atoms with Crippen molar-refractivity contribution in [2.45, 2.75) is 26.4 Å². The third-order valence-electron chi connectivity index (χ3n) is 4.33. The smallest absolute Gasteiger partial charge is 0.273 e. The van der Waals surface area contributed by atoms with E-state index in [4.69, 9.17) is 5.73 Å². The number of nitrogens with zero attached hydrogens (tertiary/aromatic N) is 1. The van der Waals surface area contributed by atoms with Crippen LogP contribution in [0.4, 0.5) is 5.69 Å². The number of aromatic nitrogens is 1. The zero-order valence-electron chi connectivity index (χ0n) is 15.6. The number of carbonyl (C=O) groups excluding carboxylic acids is 2. The quantitative estimate of drug-likeness (QED) is 0.573. The highest BCUT2D eigenvalue weighted by atomic mass is 32.1.